The molecule has 1 fully saturated rings. The van der Waals surface area contributed by atoms with E-state index in [2.05, 4.69) is 27.0 Å². The van der Waals surface area contributed by atoms with Gasteiger partial charge in [-0.2, -0.15) is 5.26 Å². The SMILES string of the molecule is CCn1cc(C)c(=O)n(Cc2cc3nccc(-c4cc(Cl)cc5ccn(CC6(C#N)CCNCC6)c45)c3s2)c1=O. The van der Waals surface area contributed by atoms with Crippen molar-refractivity contribution in [2.75, 3.05) is 13.1 Å². The number of piperidine rings is 1. The van der Waals surface area contributed by atoms with Crippen LogP contribution in [0, 0.1) is 23.7 Å². The average molecular weight is 573 g/mol. The highest BCUT2D eigenvalue weighted by Gasteiger charge is 2.33. The number of nitrogens with zero attached hydrogens (tertiary/aromatic N) is 5. The van der Waals surface area contributed by atoms with Gasteiger partial charge in [0, 0.05) is 63.7 Å². The molecule has 0 aliphatic carbocycles. The van der Waals surface area contributed by atoms with Crippen LogP contribution in [-0.4, -0.2) is 31.8 Å². The molecule has 0 bridgehead atoms. The minimum Gasteiger partial charge on any atom is -0.345 e. The van der Waals surface area contributed by atoms with Crippen LogP contribution >= 0.6 is 22.9 Å². The lowest BCUT2D eigenvalue weighted by Gasteiger charge is -2.32. The summed E-state index contributed by atoms with van der Waals surface area (Å²) >= 11 is 8.14. The maximum absolute atomic E-state index is 13.0. The number of rotatable bonds is 6. The summed E-state index contributed by atoms with van der Waals surface area (Å²) in [5, 5.41) is 15.1. The Balaban J connectivity index is 1.48. The number of aryl methyl sites for hydroxylation is 2. The largest absolute Gasteiger partial charge is 0.345 e. The quantitative estimate of drug-likeness (QED) is 0.303. The van der Waals surface area contributed by atoms with Crippen molar-refractivity contribution < 1.29 is 0 Å². The van der Waals surface area contributed by atoms with Gasteiger partial charge in [0.05, 0.1) is 33.8 Å². The molecular formula is C30H29ClN6O2S. The number of thiophene rings is 1. The number of nitrogens with one attached hydrogen (secondary N) is 1. The first-order valence-corrected chi connectivity index (χ1v) is 14.6. The van der Waals surface area contributed by atoms with Crippen molar-refractivity contribution in [3.63, 3.8) is 0 Å². The minimum absolute atomic E-state index is 0.180. The molecule has 10 heteroatoms. The van der Waals surface area contributed by atoms with Gasteiger partial charge >= 0.3 is 5.69 Å². The summed E-state index contributed by atoms with van der Waals surface area (Å²) in [6, 6.07) is 12.5. The fourth-order valence-electron chi connectivity index (χ4n) is 5.78. The van der Waals surface area contributed by atoms with Gasteiger partial charge in [-0.05, 0) is 70.1 Å². The van der Waals surface area contributed by atoms with Crippen molar-refractivity contribution >= 4 is 44.1 Å². The van der Waals surface area contributed by atoms with Crippen LogP contribution in [0.25, 0.3) is 32.2 Å². The number of benzene rings is 1. The summed E-state index contributed by atoms with van der Waals surface area (Å²) in [6.07, 6.45) is 7.05. The van der Waals surface area contributed by atoms with Crippen LogP contribution in [0.2, 0.25) is 5.02 Å². The van der Waals surface area contributed by atoms with E-state index >= 15 is 0 Å². The molecule has 0 radical (unpaired) electrons. The molecule has 0 saturated carbocycles. The molecule has 1 N–H and O–H groups in total. The van der Waals surface area contributed by atoms with E-state index in [9.17, 15) is 14.9 Å². The van der Waals surface area contributed by atoms with E-state index < -0.39 is 5.41 Å². The third kappa shape index (κ3) is 4.56. The molecule has 1 aliphatic heterocycles. The summed E-state index contributed by atoms with van der Waals surface area (Å²) in [7, 11) is 0. The lowest BCUT2D eigenvalue weighted by molar-refractivity contribution is 0.247. The second-order valence-corrected chi connectivity index (χ2v) is 12.1. The van der Waals surface area contributed by atoms with Gasteiger partial charge in [0.15, 0.2) is 0 Å². The Morgan fingerprint density at radius 3 is 2.70 bits per heavy atom. The molecule has 0 amide bonds. The summed E-state index contributed by atoms with van der Waals surface area (Å²) < 4.78 is 6.01. The van der Waals surface area contributed by atoms with Crippen LogP contribution in [0.15, 0.2) is 58.5 Å². The van der Waals surface area contributed by atoms with Gasteiger partial charge in [0.1, 0.15) is 0 Å². The molecule has 6 rings (SSSR count). The third-order valence-corrected chi connectivity index (χ3v) is 9.27. The van der Waals surface area contributed by atoms with Gasteiger partial charge in [-0.25, -0.2) is 4.79 Å². The van der Waals surface area contributed by atoms with Crippen LogP contribution in [0.5, 0.6) is 0 Å². The van der Waals surface area contributed by atoms with Crippen molar-refractivity contribution in [1.82, 2.24) is 24.0 Å². The predicted octanol–water partition coefficient (Wildman–Crippen LogP) is 5.16. The second-order valence-electron chi connectivity index (χ2n) is 10.5. The lowest BCUT2D eigenvalue weighted by Crippen LogP contribution is -2.40. The highest BCUT2D eigenvalue weighted by atomic mass is 35.5. The number of fused-ring (bicyclic) bond motifs is 2. The first-order chi connectivity index (χ1) is 19.3. The Labute approximate surface area is 240 Å². The van der Waals surface area contributed by atoms with Crippen LogP contribution in [0.4, 0.5) is 0 Å². The van der Waals surface area contributed by atoms with Gasteiger partial charge < -0.3 is 14.5 Å². The maximum Gasteiger partial charge on any atom is 0.331 e. The predicted molar refractivity (Wildman–Crippen MR) is 160 cm³/mol. The normalized spacial score (nSPS) is 15.1. The van der Waals surface area contributed by atoms with E-state index in [1.54, 1.807) is 23.9 Å². The van der Waals surface area contributed by atoms with Gasteiger partial charge in [-0.1, -0.05) is 11.6 Å². The molecule has 0 unspecified atom stereocenters. The zero-order valence-corrected chi connectivity index (χ0v) is 24.0. The van der Waals surface area contributed by atoms with E-state index in [4.69, 9.17) is 11.6 Å². The van der Waals surface area contributed by atoms with Crippen molar-refractivity contribution in [3.05, 3.63) is 85.2 Å². The molecule has 4 aromatic heterocycles. The monoisotopic (exact) mass is 572 g/mol. The molecule has 0 spiro atoms. The summed E-state index contributed by atoms with van der Waals surface area (Å²) in [5.41, 5.74) is 3.29. The van der Waals surface area contributed by atoms with E-state index in [1.807, 2.05) is 37.4 Å². The fourth-order valence-corrected chi connectivity index (χ4v) is 7.14. The first-order valence-electron chi connectivity index (χ1n) is 13.4. The fraction of sp³-hybridized carbons (Fsp3) is 0.333. The Kier molecular flexibility index (Phi) is 6.87. The molecule has 204 valence electrons. The third-order valence-electron chi connectivity index (χ3n) is 7.91. The van der Waals surface area contributed by atoms with Crippen molar-refractivity contribution in [1.29, 1.82) is 5.26 Å². The van der Waals surface area contributed by atoms with Crippen molar-refractivity contribution in [2.24, 2.45) is 5.41 Å². The standard InChI is InChI=1S/C30H29ClN6O2S/c1-3-35-15-19(2)28(38)37(29(35)39)16-22-14-25-27(40-22)23(4-8-34-25)24-13-21(31)12-20-5-11-36(26(20)24)18-30(17-32)6-9-33-10-7-30/h4-5,8,11-15,33H,3,6-7,9-10,16,18H2,1-2H3. The summed E-state index contributed by atoms with van der Waals surface area (Å²) in [5.74, 6) is 0. The Bertz CT molecular complexity index is 1920. The Morgan fingerprint density at radius 2 is 1.95 bits per heavy atom. The molecule has 1 aromatic carbocycles. The van der Waals surface area contributed by atoms with E-state index in [-0.39, 0.29) is 17.8 Å². The number of hydrogen-bond donors (Lipinski definition) is 1. The van der Waals surface area contributed by atoms with Gasteiger partial charge in [-0.3, -0.25) is 14.3 Å². The molecule has 5 heterocycles. The van der Waals surface area contributed by atoms with Gasteiger partial charge in [-0.15, -0.1) is 11.3 Å². The van der Waals surface area contributed by atoms with Crippen LogP contribution in [0.1, 0.15) is 30.2 Å². The smallest absolute Gasteiger partial charge is 0.331 e. The number of halogens is 1. The first kappa shape index (κ1) is 26.5. The average Bonchev–Trinajstić information content (AvgIpc) is 3.56. The lowest BCUT2D eigenvalue weighted by atomic mass is 9.80. The van der Waals surface area contributed by atoms with Crippen LogP contribution < -0.4 is 16.6 Å². The number of nitriles is 1. The second kappa shape index (κ2) is 10.4. The highest BCUT2D eigenvalue weighted by molar-refractivity contribution is 7.19. The Morgan fingerprint density at radius 1 is 1.15 bits per heavy atom. The molecular weight excluding hydrogens is 544 g/mol. The number of pyridine rings is 1. The summed E-state index contributed by atoms with van der Waals surface area (Å²) in [6.45, 7) is 6.56. The van der Waals surface area contributed by atoms with E-state index in [1.165, 1.54) is 15.9 Å². The summed E-state index contributed by atoms with van der Waals surface area (Å²) in [4.78, 5) is 31.3. The van der Waals surface area contributed by atoms with Crippen LogP contribution in [-0.2, 0) is 19.6 Å². The van der Waals surface area contributed by atoms with Crippen molar-refractivity contribution in [2.45, 2.75) is 46.3 Å². The van der Waals surface area contributed by atoms with Gasteiger partial charge in [0.2, 0.25) is 0 Å². The molecule has 40 heavy (non-hydrogen) atoms. The number of aromatic nitrogens is 4. The van der Waals surface area contributed by atoms with Gasteiger partial charge in [0.25, 0.3) is 5.56 Å². The Hall–Kier alpha value is -3.71. The zero-order chi connectivity index (χ0) is 28.0. The number of hydrogen-bond acceptors (Lipinski definition) is 6. The molecule has 1 saturated heterocycles. The molecule has 5 aromatic rings. The zero-order valence-electron chi connectivity index (χ0n) is 22.4. The maximum atomic E-state index is 13.0. The van der Waals surface area contributed by atoms with E-state index in [0.717, 1.165) is 63.1 Å². The molecule has 1 aliphatic rings. The highest BCUT2D eigenvalue weighted by Crippen LogP contribution is 2.40. The molecule has 0 atom stereocenters. The van der Waals surface area contributed by atoms with E-state index in [0.29, 0.717) is 23.7 Å². The molecule has 8 nitrogen and oxygen atoms in total. The topological polar surface area (TPSA) is 97.6 Å². The van der Waals surface area contributed by atoms with Crippen LogP contribution in [0.3, 0.4) is 0 Å². The van der Waals surface area contributed by atoms with Crippen molar-refractivity contribution in [3.8, 4) is 17.2 Å². The minimum atomic E-state index is -0.426.